The van der Waals surface area contributed by atoms with E-state index >= 15 is 0 Å². The summed E-state index contributed by atoms with van der Waals surface area (Å²) in [5.41, 5.74) is 2.12. The molecule has 2 saturated heterocycles. The number of piperazine rings is 1. The smallest absolute Gasteiger partial charge is 0.408 e. The third-order valence-electron chi connectivity index (χ3n) is 8.19. The van der Waals surface area contributed by atoms with Crippen LogP contribution in [0.5, 0.6) is 0 Å². The average Bonchev–Trinajstić information content (AvgIpc) is 2.99. The fraction of sp³-hybridized carbons (Fsp3) is 0.516. The van der Waals surface area contributed by atoms with Crippen molar-refractivity contribution in [1.29, 1.82) is 0 Å². The summed E-state index contributed by atoms with van der Waals surface area (Å²) in [5.74, 6) is 0.688. The summed E-state index contributed by atoms with van der Waals surface area (Å²) in [6, 6.07) is 7.03. The third kappa shape index (κ3) is 7.04. The lowest BCUT2D eigenvalue weighted by Crippen LogP contribution is -2.64. The molecule has 0 spiro atoms. The number of amides is 4. The molecule has 1 aromatic heterocycles. The first kappa shape index (κ1) is 31.0. The number of likely N-dealkylation sites (tertiary alicyclic amines) is 1. The number of nitrogens with one attached hydrogen (secondary N) is 2. The fourth-order valence-electron chi connectivity index (χ4n) is 5.85. The van der Waals surface area contributed by atoms with Crippen LogP contribution in [0.2, 0.25) is 0 Å². The topological polar surface area (TPSA) is 126 Å². The molecule has 44 heavy (non-hydrogen) atoms. The lowest BCUT2D eigenvalue weighted by Gasteiger charge is -2.46. The normalized spacial score (nSPS) is 21.1. The highest BCUT2D eigenvalue weighted by Crippen LogP contribution is 2.31. The van der Waals surface area contributed by atoms with Gasteiger partial charge in [0.05, 0.1) is 18.6 Å². The van der Waals surface area contributed by atoms with Crippen molar-refractivity contribution < 1.29 is 19.1 Å². The van der Waals surface area contributed by atoms with Crippen molar-refractivity contribution in [3.05, 3.63) is 48.7 Å². The van der Waals surface area contributed by atoms with E-state index in [0.717, 1.165) is 37.4 Å². The van der Waals surface area contributed by atoms with Crippen molar-refractivity contribution in [3.63, 3.8) is 0 Å². The highest BCUT2D eigenvalue weighted by molar-refractivity contribution is 5.93. The number of urea groups is 1. The summed E-state index contributed by atoms with van der Waals surface area (Å²) in [5, 5.41) is 6.17. The minimum absolute atomic E-state index is 0.224. The zero-order chi connectivity index (χ0) is 31.6. The van der Waals surface area contributed by atoms with E-state index in [-0.39, 0.29) is 31.1 Å². The molecule has 2 unspecified atom stereocenters. The molecule has 2 fully saturated rings. The maximum Gasteiger partial charge on any atom is 0.408 e. The van der Waals surface area contributed by atoms with Gasteiger partial charge in [-0.25, -0.2) is 14.6 Å². The predicted molar refractivity (Wildman–Crippen MR) is 169 cm³/mol. The number of hydrogen-bond acceptors (Lipinski definition) is 9. The van der Waals surface area contributed by atoms with Gasteiger partial charge in [-0.3, -0.25) is 9.69 Å². The van der Waals surface area contributed by atoms with Gasteiger partial charge >= 0.3 is 12.1 Å². The number of anilines is 4. The van der Waals surface area contributed by atoms with Crippen LogP contribution in [0.1, 0.15) is 32.8 Å². The molecule has 3 aliphatic rings. The molecule has 13 nitrogen and oxygen atoms in total. The highest BCUT2D eigenvalue weighted by Gasteiger charge is 2.42. The van der Waals surface area contributed by atoms with E-state index in [4.69, 9.17) is 4.74 Å². The molecule has 2 aromatic rings. The van der Waals surface area contributed by atoms with Crippen LogP contribution in [0.15, 0.2) is 43.1 Å². The number of alkyl carbamates (subject to hydrolysis) is 1. The monoisotopic (exact) mass is 605 g/mol. The molecule has 13 heteroatoms. The van der Waals surface area contributed by atoms with Gasteiger partial charge in [0.15, 0.2) is 0 Å². The Morgan fingerprint density at radius 2 is 1.77 bits per heavy atom. The van der Waals surface area contributed by atoms with Crippen molar-refractivity contribution in [3.8, 4) is 0 Å². The van der Waals surface area contributed by atoms with E-state index in [1.165, 1.54) is 16.7 Å². The molecule has 4 amide bonds. The van der Waals surface area contributed by atoms with Crippen molar-refractivity contribution in [2.24, 2.45) is 0 Å². The Balaban J connectivity index is 1.30. The van der Waals surface area contributed by atoms with Gasteiger partial charge in [0.2, 0.25) is 11.9 Å². The van der Waals surface area contributed by atoms with Crippen molar-refractivity contribution in [1.82, 2.24) is 30.0 Å². The highest BCUT2D eigenvalue weighted by atomic mass is 16.6. The van der Waals surface area contributed by atoms with Crippen molar-refractivity contribution in [2.45, 2.75) is 51.4 Å². The Morgan fingerprint density at radius 3 is 2.43 bits per heavy atom. The second-order valence-electron chi connectivity index (χ2n) is 12.6. The Hall–Kier alpha value is -4.39. The lowest BCUT2D eigenvalue weighted by atomic mass is 9.96. The van der Waals surface area contributed by atoms with Gasteiger partial charge < -0.3 is 35.0 Å². The standard InChI is InChI=1S/C31H43N9O4/c1-7-26(41)39-13-12-25(24(20-39)34-29(42)44-31(2,3)4)40-19-21-18-32-28(35-27(21)37(6)30(40)43)33-22-8-10-23(11-9-22)38-16-14-36(5)15-17-38/h7-11,18,24-25H,1,12-17,19-20H2,2-6H3,(H,34,42)(H,32,33,35). The summed E-state index contributed by atoms with van der Waals surface area (Å²) < 4.78 is 5.49. The number of fused-ring (bicyclic) bond motifs is 1. The first-order chi connectivity index (χ1) is 20.9. The van der Waals surface area contributed by atoms with Crippen LogP contribution in [0.4, 0.5) is 32.7 Å². The maximum atomic E-state index is 13.7. The summed E-state index contributed by atoms with van der Waals surface area (Å²) >= 11 is 0. The van der Waals surface area contributed by atoms with Gasteiger partial charge in [0.25, 0.3) is 0 Å². The number of rotatable bonds is 6. The number of ether oxygens (including phenoxy) is 1. The summed E-state index contributed by atoms with van der Waals surface area (Å²) in [6.07, 6.45) is 2.85. The SMILES string of the molecule is C=CC(=O)N1CCC(N2Cc3cnc(Nc4ccc(N5CCN(C)CC5)cc4)nc3N(C)C2=O)C(NC(=O)OC(C)(C)C)C1. The van der Waals surface area contributed by atoms with Crippen LogP contribution in [0.3, 0.4) is 0 Å². The second kappa shape index (κ2) is 12.7. The minimum atomic E-state index is -0.694. The second-order valence-corrected chi connectivity index (χ2v) is 12.6. The summed E-state index contributed by atoms with van der Waals surface area (Å²) in [7, 11) is 3.82. The number of hydrogen-bond donors (Lipinski definition) is 2. The molecule has 0 aliphatic carbocycles. The van der Waals surface area contributed by atoms with E-state index in [9.17, 15) is 14.4 Å². The Labute approximate surface area is 258 Å². The van der Waals surface area contributed by atoms with Crippen molar-refractivity contribution in [2.75, 3.05) is 68.5 Å². The molecular formula is C31H43N9O4. The Bertz CT molecular complexity index is 1390. The van der Waals surface area contributed by atoms with Crippen LogP contribution in [-0.4, -0.2) is 114 Å². The lowest BCUT2D eigenvalue weighted by molar-refractivity contribution is -0.128. The predicted octanol–water partition coefficient (Wildman–Crippen LogP) is 3.02. The van der Waals surface area contributed by atoms with Gasteiger partial charge in [-0.2, -0.15) is 4.98 Å². The minimum Gasteiger partial charge on any atom is -0.444 e. The quantitative estimate of drug-likeness (QED) is 0.478. The summed E-state index contributed by atoms with van der Waals surface area (Å²) in [6.45, 7) is 13.9. The molecule has 0 saturated carbocycles. The van der Waals surface area contributed by atoms with E-state index in [2.05, 4.69) is 56.2 Å². The molecule has 1 aromatic carbocycles. The first-order valence-electron chi connectivity index (χ1n) is 15.0. The van der Waals surface area contributed by atoms with Crippen LogP contribution in [0, 0.1) is 0 Å². The summed E-state index contributed by atoms with van der Waals surface area (Å²) in [4.78, 5) is 57.6. The zero-order valence-electron chi connectivity index (χ0n) is 26.2. The molecule has 0 radical (unpaired) electrons. The van der Waals surface area contributed by atoms with Crippen LogP contribution >= 0.6 is 0 Å². The molecule has 0 bridgehead atoms. The van der Waals surface area contributed by atoms with Gasteiger partial charge in [0, 0.05) is 69.5 Å². The third-order valence-corrected chi connectivity index (χ3v) is 8.19. The maximum absolute atomic E-state index is 13.7. The van der Waals surface area contributed by atoms with E-state index in [1.807, 2.05) is 12.1 Å². The Morgan fingerprint density at radius 1 is 1.07 bits per heavy atom. The molecule has 5 rings (SSSR count). The van der Waals surface area contributed by atoms with Gasteiger partial charge in [-0.15, -0.1) is 0 Å². The number of piperidine rings is 1. The van der Waals surface area contributed by atoms with E-state index < -0.39 is 17.7 Å². The number of aromatic nitrogens is 2. The van der Waals surface area contributed by atoms with E-state index in [0.29, 0.717) is 24.7 Å². The molecule has 236 valence electrons. The Kier molecular flexibility index (Phi) is 8.95. The van der Waals surface area contributed by atoms with Gasteiger partial charge in [-0.05, 0) is 64.6 Å². The molecule has 2 N–H and O–H groups in total. The van der Waals surface area contributed by atoms with Gasteiger partial charge in [-0.1, -0.05) is 6.58 Å². The van der Waals surface area contributed by atoms with Crippen molar-refractivity contribution >= 4 is 41.2 Å². The molecular weight excluding hydrogens is 562 g/mol. The average molecular weight is 606 g/mol. The van der Waals surface area contributed by atoms with Crippen LogP contribution < -0.4 is 20.4 Å². The number of likely N-dealkylation sites (N-methyl/N-ethyl adjacent to an activating group) is 1. The van der Waals surface area contributed by atoms with Gasteiger partial charge in [0.1, 0.15) is 11.4 Å². The van der Waals surface area contributed by atoms with E-state index in [1.54, 1.807) is 43.8 Å². The largest absolute Gasteiger partial charge is 0.444 e. The number of nitrogens with zero attached hydrogens (tertiary/aromatic N) is 7. The zero-order valence-corrected chi connectivity index (χ0v) is 26.2. The first-order valence-corrected chi connectivity index (χ1v) is 15.0. The molecule has 4 heterocycles. The molecule has 3 aliphatic heterocycles. The molecule has 2 atom stereocenters. The number of benzene rings is 1. The fourth-order valence-corrected chi connectivity index (χ4v) is 5.85. The number of carbonyl (C=O) groups excluding carboxylic acids is 3. The van der Waals surface area contributed by atoms with Crippen LogP contribution in [-0.2, 0) is 16.1 Å². The van der Waals surface area contributed by atoms with Crippen LogP contribution in [0.25, 0.3) is 0 Å². The number of carbonyl (C=O) groups is 3.